The molecule has 0 rings (SSSR count). The number of carbonyl (C=O) groups is 5. The molecular formula is C35H70O5. The molecule has 0 fully saturated rings. The smallest absolute Gasteiger partial charge is 0.129 e. The molecule has 0 N–H and O–H groups in total. The van der Waals surface area contributed by atoms with Gasteiger partial charge >= 0.3 is 0 Å². The minimum Gasteiger partial charge on any atom is -0.300 e. The fraction of sp³-hybridized carbons (Fsp3) is 0.857. The molecular weight excluding hydrogens is 500 g/mol. The minimum atomic E-state index is 0.304. The molecule has 0 amide bonds. The van der Waals surface area contributed by atoms with Crippen molar-refractivity contribution in [3.8, 4) is 0 Å². The van der Waals surface area contributed by atoms with Crippen LogP contribution in [0.25, 0.3) is 0 Å². The van der Waals surface area contributed by atoms with Crippen LogP contribution in [0.15, 0.2) is 0 Å². The summed E-state index contributed by atoms with van der Waals surface area (Å²) in [4.78, 5) is 51.7. The Bertz CT molecular complexity index is 500. The van der Waals surface area contributed by atoms with E-state index >= 15 is 0 Å². The van der Waals surface area contributed by atoms with E-state index in [0.29, 0.717) is 58.5 Å². The molecule has 0 spiro atoms. The van der Waals surface area contributed by atoms with Gasteiger partial charge in [-0.25, -0.2) is 0 Å². The zero-order chi connectivity index (χ0) is 32.8. The number of carbonyl (C=O) groups excluding carboxylic acids is 5. The second-order valence-corrected chi connectivity index (χ2v) is 13.2. The van der Waals surface area contributed by atoms with Gasteiger partial charge in [0.1, 0.15) is 28.9 Å². The first kappa shape index (κ1) is 48.1. The van der Waals surface area contributed by atoms with E-state index in [1.54, 1.807) is 34.6 Å². The lowest BCUT2D eigenvalue weighted by Gasteiger charge is -1.98. The van der Waals surface area contributed by atoms with Crippen molar-refractivity contribution in [2.24, 2.45) is 29.6 Å². The normalized spacial score (nSPS) is 10.0. The summed E-state index contributed by atoms with van der Waals surface area (Å²) in [5.74, 6) is 4.85. The third-order valence-corrected chi connectivity index (χ3v) is 5.37. The van der Waals surface area contributed by atoms with Gasteiger partial charge < -0.3 is 24.0 Å². The highest BCUT2D eigenvalue weighted by atomic mass is 16.1. The average Bonchev–Trinajstić information content (AvgIpc) is 2.79. The van der Waals surface area contributed by atoms with E-state index < -0.39 is 0 Å². The van der Waals surface area contributed by atoms with Crippen LogP contribution in [0.4, 0.5) is 0 Å². The van der Waals surface area contributed by atoms with Gasteiger partial charge in [-0.1, -0.05) is 69.2 Å². The van der Waals surface area contributed by atoms with E-state index in [2.05, 4.69) is 69.2 Å². The van der Waals surface area contributed by atoms with Gasteiger partial charge in [0, 0.05) is 32.1 Å². The Kier molecular flexibility index (Phi) is 40.4. The van der Waals surface area contributed by atoms with E-state index in [9.17, 15) is 24.0 Å². The largest absolute Gasteiger partial charge is 0.300 e. The number of hydrogen-bond acceptors (Lipinski definition) is 5. The first-order chi connectivity index (χ1) is 18.1. The molecule has 40 heavy (non-hydrogen) atoms. The fourth-order valence-electron chi connectivity index (χ4n) is 2.46. The zero-order valence-corrected chi connectivity index (χ0v) is 29.5. The van der Waals surface area contributed by atoms with Crippen LogP contribution in [0.2, 0.25) is 0 Å². The molecule has 240 valence electrons. The molecule has 0 saturated carbocycles. The predicted molar refractivity (Wildman–Crippen MR) is 174 cm³/mol. The number of ketones is 5. The molecule has 0 unspecified atom stereocenters. The molecule has 0 aliphatic heterocycles. The highest BCUT2D eigenvalue weighted by Gasteiger charge is 1.98. The summed E-state index contributed by atoms with van der Waals surface area (Å²) < 4.78 is 0. The maximum Gasteiger partial charge on any atom is 0.129 e. The van der Waals surface area contributed by atoms with Gasteiger partial charge in [-0.3, -0.25) is 0 Å². The Labute approximate surface area is 250 Å². The Morgan fingerprint density at radius 3 is 0.425 bits per heavy atom. The zero-order valence-electron chi connectivity index (χ0n) is 29.5. The molecule has 5 nitrogen and oxygen atoms in total. The maximum atomic E-state index is 10.3. The summed E-state index contributed by atoms with van der Waals surface area (Å²) in [5.41, 5.74) is 0. The van der Waals surface area contributed by atoms with Crippen LogP contribution in [0.3, 0.4) is 0 Å². The van der Waals surface area contributed by atoms with Gasteiger partial charge in [0.25, 0.3) is 0 Å². The SMILES string of the molecule is CC(=O)CCC(C)C.CC(=O)CCC(C)C.CC(=O)CCC(C)C.CC(=O)CCC(C)C.CC(=O)CCC(C)C. The highest BCUT2D eigenvalue weighted by Crippen LogP contribution is 2.05. The van der Waals surface area contributed by atoms with E-state index in [1.807, 2.05) is 0 Å². The Hall–Kier alpha value is -1.65. The maximum absolute atomic E-state index is 10.3. The first-order valence-electron chi connectivity index (χ1n) is 15.6. The van der Waals surface area contributed by atoms with E-state index in [1.165, 1.54) is 0 Å². The summed E-state index contributed by atoms with van der Waals surface area (Å²) in [6, 6.07) is 0. The van der Waals surface area contributed by atoms with E-state index in [4.69, 9.17) is 0 Å². The lowest BCUT2D eigenvalue weighted by atomic mass is 10.1. The van der Waals surface area contributed by atoms with Crippen LogP contribution in [0.1, 0.15) is 168 Å². The summed E-state index contributed by atoms with van der Waals surface area (Å²) in [5, 5.41) is 0. The standard InChI is InChI=1S/5C7H14O/c5*1-6(2)4-5-7(3)8/h5*6H,4-5H2,1-3H3. The average molecular weight is 571 g/mol. The van der Waals surface area contributed by atoms with Gasteiger partial charge in [-0.05, 0) is 96.3 Å². The number of Topliss-reactive ketones (excluding diaryl/α,β-unsaturated/α-hetero) is 5. The van der Waals surface area contributed by atoms with Crippen molar-refractivity contribution in [1.82, 2.24) is 0 Å². The van der Waals surface area contributed by atoms with Crippen molar-refractivity contribution in [2.45, 2.75) is 168 Å². The predicted octanol–water partition coefficient (Wildman–Crippen LogP) is 10.1. The van der Waals surface area contributed by atoms with Crippen molar-refractivity contribution < 1.29 is 24.0 Å². The van der Waals surface area contributed by atoms with Gasteiger partial charge in [0.05, 0.1) is 0 Å². The van der Waals surface area contributed by atoms with Gasteiger partial charge in [0.15, 0.2) is 0 Å². The van der Waals surface area contributed by atoms with Crippen LogP contribution in [0, 0.1) is 29.6 Å². The van der Waals surface area contributed by atoms with E-state index in [-0.39, 0.29) is 0 Å². The van der Waals surface area contributed by atoms with Crippen LogP contribution in [-0.2, 0) is 24.0 Å². The number of hydrogen-bond donors (Lipinski definition) is 0. The quantitative estimate of drug-likeness (QED) is 0.195. The van der Waals surface area contributed by atoms with Crippen LogP contribution >= 0.6 is 0 Å². The first-order valence-corrected chi connectivity index (χ1v) is 15.6. The van der Waals surface area contributed by atoms with Gasteiger partial charge in [-0.15, -0.1) is 0 Å². The Morgan fingerprint density at radius 2 is 0.400 bits per heavy atom. The molecule has 0 heterocycles. The van der Waals surface area contributed by atoms with Crippen molar-refractivity contribution >= 4 is 28.9 Å². The van der Waals surface area contributed by atoms with Crippen molar-refractivity contribution in [2.75, 3.05) is 0 Å². The van der Waals surface area contributed by atoms with E-state index in [0.717, 1.165) is 64.2 Å². The highest BCUT2D eigenvalue weighted by molar-refractivity contribution is 5.76. The van der Waals surface area contributed by atoms with Crippen molar-refractivity contribution in [3.63, 3.8) is 0 Å². The van der Waals surface area contributed by atoms with Crippen molar-refractivity contribution in [1.29, 1.82) is 0 Å². The molecule has 0 aromatic heterocycles. The molecule has 0 aromatic rings. The fourth-order valence-corrected chi connectivity index (χ4v) is 2.46. The molecule has 0 aliphatic carbocycles. The molecule has 0 radical (unpaired) electrons. The lowest BCUT2D eigenvalue weighted by Crippen LogP contribution is -1.93. The van der Waals surface area contributed by atoms with Crippen LogP contribution < -0.4 is 0 Å². The second-order valence-electron chi connectivity index (χ2n) is 13.2. The molecule has 0 bridgehead atoms. The summed E-state index contributed by atoms with van der Waals surface area (Å²) in [6.45, 7) is 29.5. The minimum absolute atomic E-state index is 0.304. The van der Waals surface area contributed by atoms with Gasteiger partial charge in [-0.2, -0.15) is 0 Å². The van der Waals surface area contributed by atoms with Gasteiger partial charge in [0.2, 0.25) is 0 Å². The summed E-state index contributed by atoms with van der Waals surface area (Å²) in [6.07, 6.45) is 8.92. The number of rotatable bonds is 15. The molecule has 0 saturated heterocycles. The van der Waals surface area contributed by atoms with Crippen molar-refractivity contribution in [3.05, 3.63) is 0 Å². The summed E-state index contributed by atoms with van der Waals surface area (Å²) >= 11 is 0. The lowest BCUT2D eigenvalue weighted by molar-refractivity contribution is -0.118. The van der Waals surface area contributed by atoms with Crippen LogP contribution in [-0.4, -0.2) is 28.9 Å². The molecule has 0 aliphatic rings. The second kappa shape index (κ2) is 33.6. The Morgan fingerprint density at radius 1 is 0.300 bits per heavy atom. The summed E-state index contributed by atoms with van der Waals surface area (Å²) in [7, 11) is 0. The topological polar surface area (TPSA) is 85.3 Å². The Balaban J connectivity index is -0.000000128. The van der Waals surface area contributed by atoms with Crippen LogP contribution in [0.5, 0.6) is 0 Å². The molecule has 0 aromatic carbocycles. The monoisotopic (exact) mass is 571 g/mol. The molecule has 5 heteroatoms. The third kappa shape index (κ3) is 83.3. The molecule has 0 atom stereocenters. The third-order valence-electron chi connectivity index (χ3n) is 5.37.